The second-order valence-electron chi connectivity index (χ2n) is 4.77. The standard InChI is InChI=1S/C16H11NO4Se/c18-15(10-5-7-11(8-6-10)17(20)21)13-9-22-14-4-2-1-3-12(14)16(13)19/h1-9,15,18H. The number of nitro groups is 1. The summed E-state index contributed by atoms with van der Waals surface area (Å²) in [7, 11) is 0. The normalized spacial score (nSPS) is 12.2. The molecule has 0 bridgehead atoms. The van der Waals surface area contributed by atoms with E-state index in [-0.39, 0.29) is 25.6 Å². The molecule has 1 aromatic heterocycles. The van der Waals surface area contributed by atoms with Gasteiger partial charge in [-0.3, -0.25) is 0 Å². The Kier molecular flexibility index (Phi) is 3.90. The summed E-state index contributed by atoms with van der Waals surface area (Å²) in [5, 5.41) is 21.7. The van der Waals surface area contributed by atoms with Gasteiger partial charge in [0.15, 0.2) is 0 Å². The molecule has 22 heavy (non-hydrogen) atoms. The van der Waals surface area contributed by atoms with E-state index >= 15 is 0 Å². The Labute approximate surface area is 131 Å². The Bertz CT molecular complexity index is 902. The molecule has 3 rings (SSSR count). The molecule has 0 saturated heterocycles. The zero-order chi connectivity index (χ0) is 15.7. The van der Waals surface area contributed by atoms with Gasteiger partial charge in [0.25, 0.3) is 0 Å². The van der Waals surface area contributed by atoms with Crippen LogP contribution < -0.4 is 5.43 Å². The molecule has 1 N–H and O–H groups in total. The molecule has 0 radical (unpaired) electrons. The summed E-state index contributed by atoms with van der Waals surface area (Å²) >= 11 is -0.0123. The van der Waals surface area contributed by atoms with Crippen LogP contribution in [0.4, 0.5) is 5.69 Å². The van der Waals surface area contributed by atoms with Crippen LogP contribution in [0.3, 0.4) is 0 Å². The van der Waals surface area contributed by atoms with E-state index in [1.165, 1.54) is 24.3 Å². The number of hydrogen-bond donors (Lipinski definition) is 1. The van der Waals surface area contributed by atoms with Crippen molar-refractivity contribution < 1.29 is 10.0 Å². The number of nitrogens with zero attached hydrogens (tertiary/aromatic N) is 1. The van der Waals surface area contributed by atoms with E-state index < -0.39 is 11.0 Å². The van der Waals surface area contributed by atoms with Gasteiger partial charge in [-0.15, -0.1) is 0 Å². The molecule has 5 nitrogen and oxygen atoms in total. The fourth-order valence-electron chi connectivity index (χ4n) is 2.24. The molecule has 1 atom stereocenters. The number of benzene rings is 2. The van der Waals surface area contributed by atoms with E-state index in [1.54, 1.807) is 17.1 Å². The number of aliphatic hydroxyl groups is 1. The molecule has 0 fully saturated rings. The van der Waals surface area contributed by atoms with Crippen molar-refractivity contribution in [2.75, 3.05) is 0 Å². The molecule has 0 spiro atoms. The van der Waals surface area contributed by atoms with Crippen LogP contribution in [-0.2, 0) is 0 Å². The van der Waals surface area contributed by atoms with Crippen molar-refractivity contribution in [2.45, 2.75) is 6.10 Å². The molecule has 3 aromatic rings. The van der Waals surface area contributed by atoms with Gasteiger partial charge < -0.3 is 0 Å². The maximum atomic E-state index is 12.5. The van der Waals surface area contributed by atoms with E-state index in [9.17, 15) is 20.0 Å². The topological polar surface area (TPSA) is 80.4 Å². The van der Waals surface area contributed by atoms with Crippen LogP contribution in [0.25, 0.3) is 9.65 Å². The van der Waals surface area contributed by atoms with Gasteiger partial charge in [-0.1, -0.05) is 0 Å². The van der Waals surface area contributed by atoms with Gasteiger partial charge in [0, 0.05) is 0 Å². The Hall–Kier alpha value is -2.27. The molecule has 0 amide bonds. The zero-order valence-corrected chi connectivity index (χ0v) is 13.0. The molecule has 0 aliphatic rings. The Morgan fingerprint density at radius 3 is 2.45 bits per heavy atom. The van der Waals surface area contributed by atoms with Crippen LogP contribution in [0.5, 0.6) is 0 Å². The first-order valence-electron chi connectivity index (χ1n) is 6.51. The van der Waals surface area contributed by atoms with Crippen molar-refractivity contribution in [3.63, 3.8) is 0 Å². The molecule has 0 aliphatic heterocycles. The van der Waals surface area contributed by atoms with Crippen molar-refractivity contribution in [1.29, 1.82) is 0 Å². The van der Waals surface area contributed by atoms with Crippen molar-refractivity contribution >= 4 is 29.8 Å². The number of non-ortho nitro benzene ring substituents is 1. The minimum atomic E-state index is -1.07. The summed E-state index contributed by atoms with van der Waals surface area (Å²) in [5.41, 5.74) is 0.581. The van der Waals surface area contributed by atoms with Crippen LogP contribution in [0.2, 0.25) is 0 Å². The minimum absolute atomic E-state index is 0.0123. The van der Waals surface area contributed by atoms with Crippen LogP contribution >= 0.6 is 0 Å². The van der Waals surface area contributed by atoms with Gasteiger partial charge in [0.1, 0.15) is 0 Å². The van der Waals surface area contributed by atoms with Gasteiger partial charge in [0.05, 0.1) is 0 Å². The number of hydrogen-bond acceptors (Lipinski definition) is 4. The molecule has 0 saturated carbocycles. The predicted octanol–water partition coefficient (Wildman–Crippen LogP) is 2.25. The van der Waals surface area contributed by atoms with Crippen LogP contribution in [-0.4, -0.2) is 24.5 Å². The Balaban J connectivity index is 2.05. The number of aliphatic hydroxyl groups excluding tert-OH is 1. The molecule has 2 aromatic carbocycles. The van der Waals surface area contributed by atoms with Gasteiger partial charge in [0.2, 0.25) is 0 Å². The van der Waals surface area contributed by atoms with E-state index in [4.69, 9.17) is 0 Å². The first-order chi connectivity index (χ1) is 10.6. The average Bonchev–Trinajstić information content (AvgIpc) is 2.55. The summed E-state index contributed by atoms with van der Waals surface area (Å²) in [5.74, 6) is 0. The molecule has 110 valence electrons. The first-order valence-corrected chi connectivity index (χ1v) is 8.35. The monoisotopic (exact) mass is 361 g/mol. The molecule has 0 aliphatic carbocycles. The van der Waals surface area contributed by atoms with Gasteiger partial charge in [-0.05, 0) is 0 Å². The molecular weight excluding hydrogens is 349 g/mol. The van der Waals surface area contributed by atoms with Crippen molar-refractivity contribution in [3.8, 4) is 0 Å². The third-order valence-electron chi connectivity index (χ3n) is 3.42. The third kappa shape index (κ3) is 2.59. The van der Waals surface area contributed by atoms with Gasteiger partial charge in [-0.2, -0.15) is 0 Å². The summed E-state index contributed by atoms with van der Waals surface area (Å²) in [4.78, 5) is 24.4. The Morgan fingerprint density at radius 2 is 1.77 bits per heavy atom. The first kappa shape index (κ1) is 14.7. The van der Waals surface area contributed by atoms with E-state index in [1.807, 2.05) is 12.1 Å². The quantitative estimate of drug-likeness (QED) is 0.441. The summed E-state index contributed by atoms with van der Waals surface area (Å²) in [6, 6.07) is 13.0. The summed E-state index contributed by atoms with van der Waals surface area (Å²) in [6.07, 6.45) is -1.07. The summed E-state index contributed by atoms with van der Waals surface area (Å²) < 4.78 is 1.000. The molecule has 1 heterocycles. The van der Waals surface area contributed by atoms with E-state index in [0.29, 0.717) is 16.5 Å². The molecular formula is C16H11NO4Se. The molecule has 1 unspecified atom stereocenters. The van der Waals surface area contributed by atoms with Crippen molar-refractivity contribution in [1.82, 2.24) is 0 Å². The summed E-state index contributed by atoms with van der Waals surface area (Å²) in [6.45, 7) is 0. The SMILES string of the molecule is O=c1c(C(O)c2ccc([N+](=O)[O-])cc2)c[se]c2ccccc12. The third-order valence-corrected chi connectivity index (χ3v) is 5.48. The van der Waals surface area contributed by atoms with Crippen LogP contribution in [0, 0.1) is 10.1 Å². The van der Waals surface area contributed by atoms with E-state index in [0.717, 1.165) is 4.26 Å². The number of rotatable bonds is 3. The van der Waals surface area contributed by atoms with Crippen molar-refractivity contribution in [3.05, 3.63) is 84.9 Å². The fraction of sp³-hybridized carbons (Fsp3) is 0.0625. The Morgan fingerprint density at radius 1 is 1.09 bits per heavy atom. The predicted molar refractivity (Wildman–Crippen MR) is 84.3 cm³/mol. The second kappa shape index (κ2) is 5.85. The number of fused-ring (bicyclic) bond motifs is 1. The van der Waals surface area contributed by atoms with Crippen LogP contribution in [0.15, 0.2) is 58.3 Å². The van der Waals surface area contributed by atoms with Crippen molar-refractivity contribution in [2.24, 2.45) is 0 Å². The van der Waals surface area contributed by atoms with Gasteiger partial charge in [-0.25, -0.2) is 0 Å². The van der Waals surface area contributed by atoms with Gasteiger partial charge >= 0.3 is 131 Å². The zero-order valence-electron chi connectivity index (χ0n) is 11.3. The number of nitro benzene ring substituents is 1. The van der Waals surface area contributed by atoms with E-state index in [2.05, 4.69) is 0 Å². The van der Waals surface area contributed by atoms with Crippen LogP contribution in [0.1, 0.15) is 17.2 Å². The fourth-order valence-corrected chi connectivity index (χ4v) is 4.20. The second-order valence-corrected chi connectivity index (χ2v) is 6.68. The average molecular weight is 360 g/mol. The maximum absolute atomic E-state index is 12.5. The molecule has 6 heteroatoms.